The van der Waals surface area contributed by atoms with Crippen molar-refractivity contribution in [2.24, 2.45) is 5.41 Å². The van der Waals surface area contributed by atoms with Crippen LogP contribution in [-0.4, -0.2) is 12.6 Å². The molecule has 0 aromatic heterocycles. The van der Waals surface area contributed by atoms with Crippen molar-refractivity contribution in [1.29, 1.82) is 0 Å². The maximum Gasteiger partial charge on any atom is 0.316 e. The summed E-state index contributed by atoms with van der Waals surface area (Å²) in [5, 5.41) is 0. The minimum atomic E-state index is -0.431. The van der Waals surface area contributed by atoms with Crippen molar-refractivity contribution in [3.05, 3.63) is 35.4 Å². The molecule has 20 heavy (non-hydrogen) atoms. The van der Waals surface area contributed by atoms with Gasteiger partial charge in [0.1, 0.15) is 0 Å². The maximum absolute atomic E-state index is 12.6. The fourth-order valence-electron chi connectivity index (χ4n) is 3.11. The van der Waals surface area contributed by atoms with Crippen LogP contribution in [0.25, 0.3) is 0 Å². The topological polar surface area (TPSA) is 26.3 Å². The van der Waals surface area contributed by atoms with Gasteiger partial charge in [-0.1, -0.05) is 43.7 Å². The van der Waals surface area contributed by atoms with Gasteiger partial charge in [-0.2, -0.15) is 0 Å². The molecule has 1 saturated carbocycles. The lowest BCUT2D eigenvalue weighted by molar-refractivity contribution is -0.152. The van der Waals surface area contributed by atoms with Gasteiger partial charge in [-0.25, -0.2) is 0 Å². The zero-order chi connectivity index (χ0) is 14.8. The van der Waals surface area contributed by atoms with E-state index in [0.717, 1.165) is 31.2 Å². The maximum atomic E-state index is 12.6. The van der Waals surface area contributed by atoms with Crippen molar-refractivity contribution in [2.45, 2.75) is 58.8 Å². The highest BCUT2D eigenvalue weighted by Gasteiger charge is 2.46. The summed E-state index contributed by atoms with van der Waals surface area (Å²) >= 11 is 0. The smallest absolute Gasteiger partial charge is 0.316 e. The summed E-state index contributed by atoms with van der Waals surface area (Å²) < 4.78 is 5.40. The number of rotatable bonds is 3. The first kappa shape index (κ1) is 15.1. The average Bonchev–Trinajstić information content (AvgIpc) is 2.41. The van der Waals surface area contributed by atoms with Crippen LogP contribution in [0, 0.1) is 12.3 Å². The van der Waals surface area contributed by atoms with Gasteiger partial charge in [0, 0.05) is 0 Å². The van der Waals surface area contributed by atoms with E-state index < -0.39 is 5.41 Å². The summed E-state index contributed by atoms with van der Waals surface area (Å²) in [5.74, 6) is -0.0423. The number of ether oxygens (including phenoxy) is 1. The van der Waals surface area contributed by atoms with Crippen LogP contribution in [0.4, 0.5) is 0 Å². The molecule has 1 aliphatic carbocycles. The van der Waals surface area contributed by atoms with Crippen molar-refractivity contribution in [3.8, 4) is 0 Å². The molecule has 1 aromatic rings. The third kappa shape index (κ3) is 2.89. The normalized spacial score (nSPS) is 20.4. The Morgan fingerprint density at radius 3 is 2.15 bits per heavy atom. The first-order chi connectivity index (χ1) is 9.39. The molecular weight excluding hydrogens is 248 g/mol. The van der Waals surface area contributed by atoms with E-state index in [0.29, 0.717) is 12.0 Å². The van der Waals surface area contributed by atoms with Gasteiger partial charge in [0.15, 0.2) is 0 Å². The first-order valence-corrected chi connectivity index (χ1v) is 7.64. The zero-order valence-corrected chi connectivity index (χ0v) is 13.2. The number of aryl methyl sites for hydroxylation is 1. The molecule has 1 aromatic carbocycles. The highest BCUT2D eigenvalue weighted by atomic mass is 16.5. The number of hydrogen-bond acceptors (Lipinski definition) is 2. The number of benzene rings is 1. The summed E-state index contributed by atoms with van der Waals surface area (Å²) in [7, 11) is 0. The van der Waals surface area contributed by atoms with E-state index in [4.69, 9.17) is 4.74 Å². The van der Waals surface area contributed by atoms with Gasteiger partial charge in [0.2, 0.25) is 0 Å². The standard InChI is InChI=1S/C18H26O2/c1-5-20-16(19)18(12-10-17(3,4)11-13-18)15-8-6-14(2)7-9-15/h6-9H,5,10-13H2,1-4H3. The summed E-state index contributed by atoms with van der Waals surface area (Å²) in [6, 6.07) is 8.39. The third-order valence-electron chi connectivity index (χ3n) is 4.73. The third-order valence-corrected chi connectivity index (χ3v) is 4.73. The van der Waals surface area contributed by atoms with E-state index in [-0.39, 0.29) is 5.97 Å². The van der Waals surface area contributed by atoms with Gasteiger partial charge in [-0.15, -0.1) is 0 Å². The molecule has 0 heterocycles. The molecule has 0 amide bonds. The van der Waals surface area contributed by atoms with Gasteiger partial charge in [0.05, 0.1) is 12.0 Å². The van der Waals surface area contributed by atoms with Crippen molar-refractivity contribution >= 4 is 5.97 Å². The molecule has 0 aliphatic heterocycles. The number of hydrogen-bond donors (Lipinski definition) is 0. The molecular formula is C18H26O2. The Labute approximate surface area is 122 Å². The number of esters is 1. The van der Waals surface area contributed by atoms with Crippen LogP contribution < -0.4 is 0 Å². The Morgan fingerprint density at radius 1 is 1.10 bits per heavy atom. The van der Waals surface area contributed by atoms with E-state index in [1.54, 1.807) is 0 Å². The van der Waals surface area contributed by atoms with Crippen LogP contribution in [0.2, 0.25) is 0 Å². The quantitative estimate of drug-likeness (QED) is 0.764. The lowest BCUT2D eigenvalue weighted by atomic mass is 9.62. The lowest BCUT2D eigenvalue weighted by Crippen LogP contribution is -2.42. The Hall–Kier alpha value is -1.31. The molecule has 0 spiro atoms. The Morgan fingerprint density at radius 2 is 1.65 bits per heavy atom. The van der Waals surface area contributed by atoms with Crippen molar-refractivity contribution in [1.82, 2.24) is 0 Å². The van der Waals surface area contributed by atoms with Gasteiger partial charge < -0.3 is 4.74 Å². The van der Waals surface area contributed by atoms with E-state index in [1.807, 2.05) is 6.92 Å². The molecule has 0 saturated heterocycles. The molecule has 110 valence electrons. The van der Waals surface area contributed by atoms with Gasteiger partial charge in [0.25, 0.3) is 0 Å². The summed E-state index contributed by atoms with van der Waals surface area (Å²) in [5.41, 5.74) is 2.25. The predicted molar refractivity (Wildman–Crippen MR) is 81.7 cm³/mol. The van der Waals surface area contributed by atoms with E-state index in [9.17, 15) is 4.79 Å². The van der Waals surface area contributed by atoms with E-state index in [1.165, 1.54) is 5.56 Å². The fourth-order valence-corrected chi connectivity index (χ4v) is 3.11. The molecule has 2 rings (SSSR count). The number of carbonyl (C=O) groups excluding carboxylic acids is 1. The molecule has 1 aliphatic rings. The molecule has 2 heteroatoms. The monoisotopic (exact) mass is 274 g/mol. The van der Waals surface area contributed by atoms with Crippen LogP contribution in [0.1, 0.15) is 57.6 Å². The Bertz CT molecular complexity index is 461. The average molecular weight is 274 g/mol. The van der Waals surface area contributed by atoms with Crippen LogP contribution in [0.3, 0.4) is 0 Å². The summed E-state index contributed by atoms with van der Waals surface area (Å²) in [4.78, 5) is 12.6. The van der Waals surface area contributed by atoms with Gasteiger partial charge >= 0.3 is 5.97 Å². The second-order valence-electron chi connectivity index (χ2n) is 6.83. The highest BCUT2D eigenvalue weighted by Crippen LogP contribution is 2.47. The van der Waals surface area contributed by atoms with Gasteiger partial charge in [-0.3, -0.25) is 4.79 Å². The predicted octanol–water partition coefficient (Wildman–Crippen LogP) is 4.40. The van der Waals surface area contributed by atoms with Crippen molar-refractivity contribution < 1.29 is 9.53 Å². The summed E-state index contributed by atoms with van der Waals surface area (Å²) in [6.45, 7) is 8.99. The SMILES string of the molecule is CCOC(=O)C1(c2ccc(C)cc2)CCC(C)(C)CC1. The van der Waals surface area contributed by atoms with Crippen LogP contribution in [-0.2, 0) is 14.9 Å². The molecule has 1 fully saturated rings. The van der Waals surface area contributed by atoms with Crippen LogP contribution in [0.15, 0.2) is 24.3 Å². The zero-order valence-electron chi connectivity index (χ0n) is 13.2. The molecule has 0 N–H and O–H groups in total. The van der Waals surface area contributed by atoms with Crippen molar-refractivity contribution in [2.75, 3.05) is 6.61 Å². The minimum absolute atomic E-state index is 0.0423. The fraction of sp³-hybridized carbons (Fsp3) is 0.611. The highest BCUT2D eigenvalue weighted by molar-refractivity contribution is 5.83. The van der Waals surface area contributed by atoms with Gasteiger partial charge in [-0.05, 0) is 50.5 Å². The van der Waals surface area contributed by atoms with Crippen molar-refractivity contribution in [3.63, 3.8) is 0 Å². The minimum Gasteiger partial charge on any atom is -0.465 e. The van der Waals surface area contributed by atoms with Crippen LogP contribution >= 0.6 is 0 Å². The molecule has 2 nitrogen and oxygen atoms in total. The second-order valence-corrected chi connectivity index (χ2v) is 6.83. The second kappa shape index (κ2) is 5.59. The summed E-state index contributed by atoms with van der Waals surface area (Å²) in [6.07, 6.45) is 3.92. The molecule has 0 radical (unpaired) electrons. The Kier molecular flexibility index (Phi) is 4.22. The van der Waals surface area contributed by atoms with E-state index >= 15 is 0 Å². The van der Waals surface area contributed by atoms with E-state index in [2.05, 4.69) is 45.0 Å². The largest absolute Gasteiger partial charge is 0.465 e. The van der Waals surface area contributed by atoms with Crippen LogP contribution in [0.5, 0.6) is 0 Å². The number of carbonyl (C=O) groups is 1. The first-order valence-electron chi connectivity index (χ1n) is 7.64. The molecule has 0 atom stereocenters. The molecule has 0 unspecified atom stereocenters. The molecule has 0 bridgehead atoms. The lowest BCUT2D eigenvalue weighted by Gasteiger charge is -2.42. The Balaban J connectivity index is 2.35.